The molecule has 152 valence electrons. The fourth-order valence-corrected chi connectivity index (χ4v) is 5.03. The van der Waals surface area contributed by atoms with E-state index in [2.05, 4.69) is 23.3 Å². The average molecular weight is 394 g/mol. The van der Waals surface area contributed by atoms with Crippen molar-refractivity contribution < 1.29 is 14.4 Å². The Morgan fingerprint density at radius 1 is 1.21 bits per heavy atom. The second-order valence-corrected chi connectivity index (χ2v) is 8.78. The zero-order chi connectivity index (χ0) is 20.2. The minimum absolute atomic E-state index is 0.175. The molecule has 1 aromatic carbocycles. The highest BCUT2D eigenvalue weighted by molar-refractivity contribution is 6.09. The number of urea groups is 1. The van der Waals surface area contributed by atoms with Crippen LogP contribution in [0.1, 0.15) is 43.9 Å². The number of rotatable bonds is 2. The van der Waals surface area contributed by atoms with Crippen molar-refractivity contribution in [2.75, 3.05) is 13.1 Å². The maximum absolute atomic E-state index is 13.0. The van der Waals surface area contributed by atoms with Gasteiger partial charge in [-0.1, -0.05) is 25.1 Å². The largest absolute Gasteiger partial charge is 0.358 e. The highest BCUT2D eigenvalue weighted by Gasteiger charge is 2.52. The molecule has 0 bridgehead atoms. The molecule has 1 aliphatic carbocycles. The van der Waals surface area contributed by atoms with Crippen LogP contribution in [-0.2, 0) is 22.6 Å². The highest BCUT2D eigenvalue weighted by Crippen LogP contribution is 2.36. The molecule has 7 heteroatoms. The van der Waals surface area contributed by atoms with Gasteiger partial charge in [-0.15, -0.1) is 0 Å². The van der Waals surface area contributed by atoms with Crippen molar-refractivity contribution in [1.29, 1.82) is 0 Å². The number of hydrogen-bond donors (Lipinski definition) is 2. The van der Waals surface area contributed by atoms with Crippen LogP contribution in [0.4, 0.5) is 4.79 Å². The molecule has 1 aromatic heterocycles. The van der Waals surface area contributed by atoms with Crippen molar-refractivity contribution in [3.8, 4) is 0 Å². The number of aromatic nitrogens is 1. The molecular weight excluding hydrogens is 368 g/mol. The molecule has 29 heavy (non-hydrogen) atoms. The fourth-order valence-electron chi connectivity index (χ4n) is 5.03. The molecule has 2 N–H and O–H groups in total. The normalized spacial score (nSPS) is 26.9. The SMILES string of the molecule is CC1CCC2(CC1)NC(=O)N(CC(=O)N1CCc3[nH]c4ccccc4c3C1)C2=O. The summed E-state index contributed by atoms with van der Waals surface area (Å²) in [5.41, 5.74) is 2.58. The first-order valence-electron chi connectivity index (χ1n) is 10.5. The molecule has 1 saturated heterocycles. The van der Waals surface area contributed by atoms with Gasteiger partial charge in [-0.3, -0.25) is 14.5 Å². The first-order valence-corrected chi connectivity index (χ1v) is 10.5. The van der Waals surface area contributed by atoms with Crippen LogP contribution in [-0.4, -0.2) is 51.3 Å². The monoisotopic (exact) mass is 394 g/mol. The van der Waals surface area contributed by atoms with Gasteiger partial charge in [0.1, 0.15) is 12.1 Å². The molecule has 2 fully saturated rings. The number of nitrogens with one attached hydrogen (secondary N) is 2. The van der Waals surface area contributed by atoms with Crippen LogP contribution in [0.25, 0.3) is 10.9 Å². The Bertz CT molecular complexity index is 1000. The number of amides is 4. The number of imide groups is 1. The van der Waals surface area contributed by atoms with E-state index in [1.807, 2.05) is 18.2 Å². The van der Waals surface area contributed by atoms with Gasteiger partial charge in [-0.2, -0.15) is 0 Å². The topological polar surface area (TPSA) is 85.5 Å². The summed E-state index contributed by atoms with van der Waals surface area (Å²) in [6.07, 6.45) is 3.90. The molecule has 2 aliphatic heterocycles. The molecule has 3 heterocycles. The zero-order valence-corrected chi connectivity index (χ0v) is 16.7. The van der Waals surface area contributed by atoms with E-state index in [9.17, 15) is 14.4 Å². The number of nitrogens with zero attached hydrogens (tertiary/aromatic N) is 2. The first-order chi connectivity index (χ1) is 14.0. The predicted molar refractivity (Wildman–Crippen MR) is 108 cm³/mol. The maximum atomic E-state index is 13.0. The zero-order valence-electron chi connectivity index (χ0n) is 16.7. The van der Waals surface area contributed by atoms with Crippen LogP contribution < -0.4 is 5.32 Å². The lowest BCUT2D eigenvalue weighted by atomic mass is 9.77. The Morgan fingerprint density at radius 2 is 1.97 bits per heavy atom. The van der Waals surface area contributed by atoms with E-state index < -0.39 is 11.6 Å². The highest BCUT2D eigenvalue weighted by atomic mass is 16.2. The van der Waals surface area contributed by atoms with Gasteiger partial charge < -0.3 is 15.2 Å². The minimum Gasteiger partial charge on any atom is -0.358 e. The van der Waals surface area contributed by atoms with E-state index >= 15 is 0 Å². The Labute approximate surface area is 169 Å². The van der Waals surface area contributed by atoms with Gasteiger partial charge in [0, 0.05) is 41.7 Å². The van der Waals surface area contributed by atoms with Crippen molar-refractivity contribution in [3.63, 3.8) is 0 Å². The van der Waals surface area contributed by atoms with E-state index in [1.54, 1.807) is 4.90 Å². The third-order valence-corrected chi connectivity index (χ3v) is 6.90. The van der Waals surface area contributed by atoms with Gasteiger partial charge in [0.15, 0.2) is 0 Å². The predicted octanol–water partition coefficient (Wildman–Crippen LogP) is 2.55. The summed E-state index contributed by atoms with van der Waals surface area (Å²) >= 11 is 0. The van der Waals surface area contributed by atoms with Gasteiger partial charge >= 0.3 is 6.03 Å². The molecule has 7 nitrogen and oxygen atoms in total. The average Bonchev–Trinajstić information content (AvgIpc) is 3.20. The van der Waals surface area contributed by atoms with Crippen molar-refractivity contribution >= 4 is 28.7 Å². The minimum atomic E-state index is -0.796. The van der Waals surface area contributed by atoms with E-state index in [4.69, 9.17) is 0 Å². The number of carbonyl (C=O) groups excluding carboxylic acids is 3. The van der Waals surface area contributed by atoms with Crippen molar-refractivity contribution in [2.45, 2.75) is 51.1 Å². The van der Waals surface area contributed by atoms with Crippen LogP contribution >= 0.6 is 0 Å². The quantitative estimate of drug-likeness (QED) is 0.768. The number of aromatic amines is 1. The number of fused-ring (bicyclic) bond motifs is 3. The summed E-state index contributed by atoms with van der Waals surface area (Å²) in [5.74, 6) is 0.165. The number of carbonyl (C=O) groups is 3. The standard InChI is InChI=1S/C22H26N4O3/c1-14-6-9-22(10-7-14)20(28)26(21(29)24-22)13-19(27)25-11-8-18-16(12-25)15-4-2-3-5-17(15)23-18/h2-5,14,23H,6-13H2,1H3,(H,24,29). The fraction of sp³-hybridized carbons (Fsp3) is 0.500. The van der Waals surface area contributed by atoms with Gasteiger partial charge in [0.05, 0.1) is 0 Å². The summed E-state index contributed by atoms with van der Waals surface area (Å²) in [7, 11) is 0. The number of benzene rings is 1. The van der Waals surface area contributed by atoms with Gasteiger partial charge in [0.25, 0.3) is 5.91 Å². The van der Waals surface area contributed by atoms with Crippen molar-refractivity contribution in [2.24, 2.45) is 5.92 Å². The molecule has 1 saturated carbocycles. The van der Waals surface area contributed by atoms with Crippen molar-refractivity contribution in [3.05, 3.63) is 35.5 Å². The lowest BCUT2D eigenvalue weighted by molar-refractivity contribution is -0.140. The Balaban J connectivity index is 1.31. The molecular formula is C22H26N4O3. The Hall–Kier alpha value is -2.83. The first kappa shape index (κ1) is 18.2. The molecule has 0 atom stereocenters. The summed E-state index contributed by atoms with van der Waals surface area (Å²) < 4.78 is 0. The van der Waals surface area contributed by atoms with E-state index in [1.165, 1.54) is 5.69 Å². The van der Waals surface area contributed by atoms with Crippen LogP contribution in [0.3, 0.4) is 0 Å². The summed E-state index contributed by atoms with van der Waals surface area (Å²) in [6.45, 7) is 3.08. The van der Waals surface area contributed by atoms with Crippen LogP contribution in [0.5, 0.6) is 0 Å². The lowest BCUT2D eigenvalue weighted by Gasteiger charge is -2.33. The second kappa shape index (κ2) is 6.61. The Morgan fingerprint density at radius 3 is 2.76 bits per heavy atom. The molecule has 4 amide bonds. The molecule has 1 spiro atoms. The number of para-hydroxylation sites is 1. The van der Waals surface area contributed by atoms with Crippen molar-refractivity contribution in [1.82, 2.24) is 20.1 Å². The van der Waals surface area contributed by atoms with Crippen LogP contribution in [0, 0.1) is 5.92 Å². The van der Waals surface area contributed by atoms with Crippen LogP contribution in [0.2, 0.25) is 0 Å². The van der Waals surface area contributed by atoms with E-state index in [-0.39, 0.29) is 18.4 Å². The third-order valence-electron chi connectivity index (χ3n) is 6.90. The molecule has 2 aromatic rings. The molecule has 0 radical (unpaired) electrons. The Kier molecular flexibility index (Phi) is 4.15. The summed E-state index contributed by atoms with van der Waals surface area (Å²) in [6, 6.07) is 7.66. The summed E-state index contributed by atoms with van der Waals surface area (Å²) in [4.78, 5) is 44.8. The maximum Gasteiger partial charge on any atom is 0.325 e. The number of hydrogen-bond acceptors (Lipinski definition) is 3. The van der Waals surface area contributed by atoms with Gasteiger partial charge in [-0.05, 0) is 37.7 Å². The van der Waals surface area contributed by atoms with E-state index in [0.29, 0.717) is 31.8 Å². The van der Waals surface area contributed by atoms with Gasteiger partial charge in [-0.25, -0.2) is 4.79 Å². The van der Waals surface area contributed by atoms with Crippen LogP contribution in [0.15, 0.2) is 24.3 Å². The lowest BCUT2D eigenvalue weighted by Crippen LogP contribution is -2.50. The molecule has 0 unspecified atom stereocenters. The summed E-state index contributed by atoms with van der Waals surface area (Å²) in [5, 5.41) is 4.03. The number of H-pyrrole nitrogens is 1. The molecule has 5 rings (SSSR count). The van der Waals surface area contributed by atoms with E-state index in [0.717, 1.165) is 40.6 Å². The third kappa shape index (κ3) is 2.91. The van der Waals surface area contributed by atoms with Gasteiger partial charge in [0.2, 0.25) is 5.91 Å². The smallest absolute Gasteiger partial charge is 0.325 e. The second-order valence-electron chi connectivity index (χ2n) is 8.78. The molecule has 3 aliphatic rings.